The molecule has 2 fully saturated rings. The molecule has 0 spiro atoms. The topological polar surface area (TPSA) is 62.3 Å². The highest BCUT2D eigenvalue weighted by Gasteiger charge is 2.46. The van der Waals surface area contributed by atoms with Gasteiger partial charge in [-0.2, -0.15) is 0 Å². The quantitative estimate of drug-likeness (QED) is 0.873. The largest absolute Gasteiger partial charge is 0.342 e. The Morgan fingerprint density at radius 3 is 2.52 bits per heavy atom. The Hall–Kier alpha value is -2.69. The van der Waals surface area contributed by atoms with Crippen LogP contribution < -0.4 is 10.2 Å². The molecular weight excluding hydrogens is 314 g/mol. The fraction of sp³-hybridized carbons (Fsp3) is 0.350. The van der Waals surface area contributed by atoms with Crippen molar-refractivity contribution in [2.24, 2.45) is 0 Å². The molecule has 2 amide bonds. The van der Waals surface area contributed by atoms with E-state index in [1.165, 1.54) is 0 Å². The summed E-state index contributed by atoms with van der Waals surface area (Å²) >= 11 is 0. The highest BCUT2D eigenvalue weighted by molar-refractivity contribution is 6.06. The van der Waals surface area contributed by atoms with Crippen LogP contribution in [-0.2, 0) is 15.0 Å². The zero-order valence-electron chi connectivity index (χ0n) is 14.0. The Labute approximate surface area is 147 Å². The molecule has 1 aliphatic carbocycles. The van der Waals surface area contributed by atoms with Crippen molar-refractivity contribution < 1.29 is 9.59 Å². The van der Waals surface area contributed by atoms with Crippen molar-refractivity contribution in [3.63, 3.8) is 0 Å². The van der Waals surface area contributed by atoms with Gasteiger partial charge in [-0.25, -0.2) is 0 Å². The summed E-state index contributed by atoms with van der Waals surface area (Å²) in [6.45, 7) is 0.526. The molecule has 1 N–H and O–H groups in total. The van der Waals surface area contributed by atoms with Crippen molar-refractivity contribution in [1.82, 2.24) is 10.3 Å². The number of anilines is 1. The monoisotopic (exact) mass is 335 g/mol. The number of para-hydroxylation sites is 1. The van der Waals surface area contributed by atoms with E-state index >= 15 is 0 Å². The molecule has 25 heavy (non-hydrogen) atoms. The number of carbonyl (C=O) groups excluding carboxylic acids is 2. The fourth-order valence-electron chi connectivity index (χ4n) is 3.94. The number of pyridine rings is 1. The van der Waals surface area contributed by atoms with Crippen LogP contribution in [0.5, 0.6) is 0 Å². The van der Waals surface area contributed by atoms with Gasteiger partial charge in [0.1, 0.15) is 6.04 Å². The van der Waals surface area contributed by atoms with Crippen molar-refractivity contribution in [3.8, 4) is 0 Å². The maximum absolute atomic E-state index is 13.1. The van der Waals surface area contributed by atoms with Gasteiger partial charge in [0.25, 0.3) is 5.91 Å². The van der Waals surface area contributed by atoms with Gasteiger partial charge in [0, 0.05) is 18.1 Å². The first-order valence-corrected chi connectivity index (χ1v) is 8.79. The van der Waals surface area contributed by atoms with Gasteiger partial charge >= 0.3 is 0 Å². The normalized spacial score (nSPS) is 21.7. The molecule has 2 aromatic rings. The second-order valence-corrected chi connectivity index (χ2v) is 6.84. The van der Waals surface area contributed by atoms with Gasteiger partial charge in [-0.05, 0) is 36.6 Å². The zero-order valence-corrected chi connectivity index (χ0v) is 14.0. The van der Waals surface area contributed by atoms with Crippen LogP contribution in [0.15, 0.2) is 54.9 Å². The standard InChI is InChI=1S/C20H21N3O2/c24-18-17(14-23(18)16-8-2-1-3-9-16)22-19(25)20(10-4-5-11-20)15-7-6-12-21-13-15/h1-3,6-9,12-13,17H,4-5,10-11,14H2,(H,22,25). The Bertz CT molecular complexity index is 770. The Balaban J connectivity index is 1.48. The van der Waals surface area contributed by atoms with E-state index in [0.717, 1.165) is 36.9 Å². The van der Waals surface area contributed by atoms with Crippen LogP contribution >= 0.6 is 0 Å². The molecule has 2 heterocycles. The molecule has 0 bridgehead atoms. The Kier molecular flexibility index (Phi) is 3.99. The average Bonchev–Trinajstić information content (AvgIpc) is 3.17. The van der Waals surface area contributed by atoms with Gasteiger partial charge in [-0.15, -0.1) is 0 Å². The van der Waals surface area contributed by atoms with Gasteiger partial charge in [0.2, 0.25) is 5.91 Å². The lowest BCUT2D eigenvalue weighted by atomic mass is 9.78. The first-order valence-electron chi connectivity index (χ1n) is 8.79. The number of carbonyl (C=O) groups is 2. The number of amides is 2. The van der Waals surface area contributed by atoms with Crippen LogP contribution in [0.25, 0.3) is 0 Å². The first-order chi connectivity index (χ1) is 12.2. The van der Waals surface area contributed by atoms with Crippen molar-refractivity contribution >= 4 is 17.5 Å². The van der Waals surface area contributed by atoms with Gasteiger partial charge in [0.05, 0.1) is 12.0 Å². The molecule has 1 saturated heterocycles. The number of β-lactam (4-membered cyclic amide) rings is 1. The van der Waals surface area contributed by atoms with Crippen molar-refractivity contribution in [3.05, 3.63) is 60.4 Å². The van der Waals surface area contributed by atoms with Gasteiger partial charge in [0.15, 0.2) is 0 Å². The molecule has 5 heteroatoms. The Morgan fingerprint density at radius 1 is 1.12 bits per heavy atom. The van der Waals surface area contributed by atoms with E-state index in [0.29, 0.717) is 6.54 Å². The molecule has 4 rings (SSSR count). The van der Waals surface area contributed by atoms with Gasteiger partial charge < -0.3 is 10.2 Å². The summed E-state index contributed by atoms with van der Waals surface area (Å²) in [5.41, 5.74) is 1.29. The summed E-state index contributed by atoms with van der Waals surface area (Å²) < 4.78 is 0. The zero-order chi connectivity index (χ0) is 17.3. The predicted octanol–water partition coefficient (Wildman–Crippen LogP) is 2.42. The molecule has 0 radical (unpaired) electrons. The number of nitrogens with one attached hydrogen (secondary N) is 1. The van der Waals surface area contributed by atoms with E-state index < -0.39 is 11.5 Å². The fourth-order valence-corrected chi connectivity index (χ4v) is 3.94. The van der Waals surface area contributed by atoms with Gasteiger partial charge in [-0.1, -0.05) is 37.1 Å². The van der Waals surface area contributed by atoms with Crippen LogP contribution in [0, 0.1) is 0 Å². The Morgan fingerprint density at radius 2 is 1.88 bits per heavy atom. The van der Waals surface area contributed by atoms with Crippen LogP contribution in [0.2, 0.25) is 0 Å². The highest BCUT2D eigenvalue weighted by atomic mass is 16.2. The lowest BCUT2D eigenvalue weighted by molar-refractivity contribution is -0.133. The lowest BCUT2D eigenvalue weighted by Gasteiger charge is -2.40. The molecule has 1 atom stereocenters. The molecule has 5 nitrogen and oxygen atoms in total. The van der Waals surface area contributed by atoms with Crippen LogP contribution in [0.3, 0.4) is 0 Å². The van der Waals surface area contributed by atoms with Crippen LogP contribution in [-0.4, -0.2) is 29.4 Å². The summed E-state index contributed by atoms with van der Waals surface area (Å²) in [6, 6.07) is 13.0. The van der Waals surface area contributed by atoms with E-state index in [1.807, 2.05) is 42.5 Å². The van der Waals surface area contributed by atoms with Crippen molar-refractivity contribution in [2.45, 2.75) is 37.1 Å². The summed E-state index contributed by atoms with van der Waals surface area (Å²) in [5.74, 6) is -0.0806. The number of benzene rings is 1. The molecule has 1 aromatic heterocycles. The van der Waals surface area contributed by atoms with Crippen LogP contribution in [0.4, 0.5) is 5.69 Å². The molecule has 1 saturated carbocycles. The molecule has 1 unspecified atom stereocenters. The minimum atomic E-state index is -0.540. The minimum Gasteiger partial charge on any atom is -0.342 e. The van der Waals surface area contributed by atoms with E-state index in [2.05, 4.69) is 10.3 Å². The number of hydrogen-bond acceptors (Lipinski definition) is 3. The maximum atomic E-state index is 13.1. The molecule has 1 aliphatic heterocycles. The number of rotatable bonds is 4. The van der Waals surface area contributed by atoms with Crippen molar-refractivity contribution in [2.75, 3.05) is 11.4 Å². The second-order valence-electron chi connectivity index (χ2n) is 6.84. The second kappa shape index (κ2) is 6.31. The highest BCUT2D eigenvalue weighted by Crippen LogP contribution is 2.41. The number of aromatic nitrogens is 1. The van der Waals surface area contributed by atoms with E-state index in [4.69, 9.17) is 0 Å². The van der Waals surface area contributed by atoms with E-state index in [9.17, 15) is 9.59 Å². The minimum absolute atomic E-state index is 0.0379. The maximum Gasteiger partial charge on any atom is 0.251 e. The molecule has 128 valence electrons. The SMILES string of the molecule is O=C1C(NC(=O)C2(c3cccnc3)CCCC2)CN1c1ccccc1. The summed E-state index contributed by atoms with van der Waals surface area (Å²) in [6.07, 6.45) is 7.18. The molecule has 2 aliphatic rings. The number of nitrogens with zero attached hydrogens (tertiary/aromatic N) is 2. The first kappa shape index (κ1) is 15.8. The lowest BCUT2D eigenvalue weighted by Crippen LogP contribution is -2.66. The summed E-state index contributed by atoms with van der Waals surface area (Å²) in [4.78, 5) is 31.4. The van der Waals surface area contributed by atoms with E-state index in [-0.39, 0.29) is 11.8 Å². The summed E-state index contributed by atoms with van der Waals surface area (Å²) in [5, 5.41) is 2.99. The average molecular weight is 335 g/mol. The van der Waals surface area contributed by atoms with Crippen molar-refractivity contribution in [1.29, 1.82) is 0 Å². The summed E-state index contributed by atoms with van der Waals surface area (Å²) in [7, 11) is 0. The molecular formula is C20H21N3O2. The third-order valence-electron chi connectivity index (χ3n) is 5.41. The van der Waals surface area contributed by atoms with Crippen LogP contribution in [0.1, 0.15) is 31.2 Å². The predicted molar refractivity (Wildman–Crippen MR) is 95.1 cm³/mol. The van der Waals surface area contributed by atoms with E-state index in [1.54, 1.807) is 17.3 Å². The molecule has 1 aromatic carbocycles. The van der Waals surface area contributed by atoms with Gasteiger partial charge in [-0.3, -0.25) is 14.6 Å². The smallest absolute Gasteiger partial charge is 0.251 e. The number of hydrogen-bond donors (Lipinski definition) is 1. The third-order valence-corrected chi connectivity index (χ3v) is 5.41. The third kappa shape index (κ3) is 2.69.